The van der Waals surface area contributed by atoms with Crippen molar-refractivity contribution in [2.24, 2.45) is 11.3 Å². The van der Waals surface area contributed by atoms with E-state index in [1.54, 1.807) is 24.5 Å². The molecule has 9 heteroatoms. The third kappa shape index (κ3) is 5.78. The molecule has 0 bridgehead atoms. The average Bonchev–Trinajstić information content (AvgIpc) is 3.26. The number of pyridine rings is 2. The van der Waals surface area contributed by atoms with Crippen LogP contribution in [0.1, 0.15) is 31.2 Å². The SMILES string of the molecule is C[C@]1(COc2ccc(Cl)cn2)CN(C(=O)C2CCN(c3ccc(N)nc3)CC2)C[C@@H]1c1ccc(Cl)cc1. The maximum Gasteiger partial charge on any atom is 0.225 e. The van der Waals surface area contributed by atoms with E-state index >= 15 is 0 Å². The van der Waals surface area contributed by atoms with E-state index in [0.29, 0.717) is 41.4 Å². The summed E-state index contributed by atoms with van der Waals surface area (Å²) >= 11 is 12.1. The summed E-state index contributed by atoms with van der Waals surface area (Å²) in [5.74, 6) is 1.38. The van der Waals surface area contributed by atoms with Gasteiger partial charge in [-0.2, -0.15) is 0 Å². The Morgan fingerprint density at radius 2 is 1.76 bits per heavy atom. The highest BCUT2D eigenvalue weighted by Crippen LogP contribution is 2.44. The van der Waals surface area contributed by atoms with Crippen LogP contribution in [0.25, 0.3) is 0 Å². The first-order valence-electron chi connectivity index (χ1n) is 12.6. The number of amides is 1. The number of piperidine rings is 1. The van der Waals surface area contributed by atoms with Gasteiger partial charge in [-0.25, -0.2) is 9.97 Å². The summed E-state index contributed by atoms with van der Waals surface area (Å²) in [6, 6.07) is 15.3. The van der Waals surface area contributed by atoms with Crippen molar-refractivity contribution >= 4 is 40.6 Å². The Balaban J connectivity index is 1.28. The Labute approximate surface area is 227 Å². The molecule has 5 rings (SSSR count). The lowest BCUT2D eigenvalue weighted by Crippen LogP contribution is -2.42. The fourth-order valence-electron chi connectivity index (χ4n) is 5.48. The van der Waals surface area contributed by atoms with Gasteiger partial charge in [-0.15, -0.1) is 0 Å². The lowest BCUT2D eigenvalue weighted by atomic mass is 9.77. The van der Waals surface area contributed by atoms with Crippen LogP contribution < -0.4 is 15.4 Å². The number of carbonyl (C=O) groups excluding carboxylic acids is 1. The maximum atomic E-state index is 13.7. The molecular weight excluding hydrogens is 509 g/mol. The number of hydrogen-bond donors (Lipinski definition) is 1. The molecular formula is C28H31Cl2N5O2. The quantitative estimate of drug-likeness (QED) is 0.457. The molecule has 3 aromatic rings. The summed E-state index contributed by atoms with van der Waals surface area (Å²) in [6.07, 6.45) is 5.00. The Morgan fingerprint density at radius 3 is 2.41 bits per heavy atom. The zero-order valence-electron chi connectivity index (χ0n) is 20.8. The van der Waals surface area contributed by atoms with Gasteiger partial charge in [0.05, 0.1) is 23.5 Å². The summed E-state index contributed by atoms with van der Waals surface area (Å²) in [5.41, 5.74) is 7.64. The van der Waals surface area contributed by atoms with E-state index in [1.807, 2.05) is 29.2 Å². The van der Waals surface area contributed by atoms with Crippen molar-refractivity contribution in [3.05, 3.63) is 76.5 Å². The molecule has 0 radical (unpaired) electrons. The second-order valence-electron chi connectivity index (χ2n) is 10.3. The molecule has 0 aliphatic carbocycles. The van der Waals surface area contributed by atoms with Crippen molar-refractivity contribution in [2.45, 2.75) is 25.7 Å². The topological polar surface area (TPSA) is 84.6 Å². The van der Waals surface area contributed by atoms with E-state index < -0.39 is 0 Å². The van der Waals surface area contributed by atoms with Crippen molar-refractivity contribution in [1.29, 1.82) is 0 Å². The van der Waals surface area contributed by atoms with Crippen LogP contribution in [-0.4, -0.2) is 53.6 Å². The summed E-state index contributed by atoms with van der Waals surface area (Å²) in [7, 11) is 0. The molecule has 7 nitrogen and oxygen atoms in total. The van der Waals surface area contributed by atoms with Crippen molar-refractivity contribution in [3.63, 3.8) is 0 Å². The minimum Gasteiger partial charge on any atom is -0.477 e. The van der Waals surface area contributed by atoms with Crippen LogP contribution in [0.4, 0.5) is 11.5 Å². The highest BCUT2D eigenvalue weighted by Gasteiger charge is 2.47. The highest BCUT2D eigenvalue weighted by molar-refractivity contribution is 6.30. The van der Waals surface area contributed by atoms with Crippen LogP contribution in [0.5, 0.6) is 5.88 Å². The minimum absolute atomic E-state index is 0.00468. The van der Waals surface area contributed by atoms with E-state index in [0.717, 1.165) is 37.2 Å². The second kappa shape index (κ2) is 10.8. The molecule has 4 heterocycles. The van der Waals surface area contributed by atoms with Crippen LogP contribution in [0.2, 0.25) is 10.0 Å². The Bertz CT molecular complexity index is 1210. The first kappa shape index (κ1) is 25.6. The van der Waals surface area contributed by atoms with Crippen molar-refractivity contribution in [2.75, 3.05) is 43.4 Å². The van der Waals surface area contributed by atoms with Gasteiger partial charge >= 0.3 is 0 Å². The lowest BCUT2D eigenvalue weighted by Gasteiger charge is -2.34. The molecule has 0 saturated carbocycles. The van der Waals surface area contributed by atoms with Crippen molar-refractivity contribution < 1.29 is 9.53 Å². The standard InChI is InChI=1S/C28H31Cl2N5O2/c1-28(18-37-26-9-6-22(30)14-33-26)17-35(16-24(28)19-2-4-21(29)5-3-19)27(36)20-10-12-34(13-11-20)23-7-8-25(31)32-15-23/h2-9,14-15,20,24H,10-13,16-18H2,1H3,(H2,31,32)/t24-,28-/m1/s1. The first-order valence-corrected chi connectivity index (χ1v) is 13.3. The summed E-state index contributed by atoms with van der Waals surface area (Å²) in [4.78, 5) is 26.5. The maximum absolute atomic E-state index is 13.7. The molecule has 1 aromatic carbocycles. The largest absolute Gasteiger partial charge is 0.477 e. The molecule has 194 valence electrons. The number of halogens is 2. The van der Waals surface area contributed by atoms with Gasteiger partial charge < -0.3 is 20.3 Å². The van der Waals surface area contributed by atoms with Crippen LogP contribution in [0.15, 0.2) is 60.9 Å². The Hall–Kier alpha value is -3.03. The van der Waals surface area contributed by atoms with Crippen LogP contribution in [-0.2, 0) is 4.79 Å². The van der Waals surface area contributed by atoms with Crippen LogP contribution in [0, 0.1) is 11.3 Å². The van der Waals surface area contributed by atoms with E-state index in [9.17, 15) is 4.79 Å². The zero-order chi connectivity index (χ0) is 26.0. The lowest BCUT2D eigenvalue weighted by molar-refractivity contribution is -0.135. The van der Waals surface area contributed by atoms with Gasteiger partial charge in [0.1, 0.15) is 5.82 Å². The van der Waals surface area contributed by atoms with E-state index in [2.05, 4.69) is 33.9 Å². The molecule has 2 aliphatic rings. The van der Waals surface area contributed by atoms with E-state index in [1.165, 1.54) is 0 Å². The van der Waals surface area contributed by atoms with Crippen molar-refractivity contribution in [3.8, 4) is 5.88 Å². The molecule has 2 atom stereocenters. The number of anilines is 2. The van der Waals surface area contributed by atoms with E-state index in [4.69, 9.17) is 33.7 Å². The van der Waals surface area contributed by atoms with Crippen LogP contribution in [0.3, 0.4) is 0 Å². The number of carbonyl (C=O) groups is 1. The summed E-state index contributed by atoms with van der Waals surface area (Å²) in [5, 5.41) is 1.26. The highest BCUT2D eigenvalue weighted by atomic mass is 35.5. The summed E-state index contributed by atoms with van der Waals surface area (Å²) in [6.45, 7) is 5.52. The smallest absolute Gasteiger partial charge is 0.225 e. The number of aromatic nitrogens is 2. The monoisotopic (exact) mass is 539 g/mol. The molecule has 0 spiro atoms. The normalized spacial score (nSPS) is 22.3. The average molecular weight is 540 g/mol. The van der Waals surface area contributed by atoms with Gasteiger partial charge in [0, 0.05) is 60.7 Å². The van der Waals surface area contributed by atoms with Crippen molar-refractivity contribution in [1.82, 2.24) is 14.9 Å². The Morgan fingerprint density at radius 1 is 1.03 bits per heavy atom. The second-order valence-corrected chi connectivity index (χ2v) is 11.2. The third-order valence-corrected chi connectivity index (χ3v) is 8.09. The number of nitrogens with two attached hydrogens (primary N) is 1. The number of benzene rings is 1. The van der Waals surface area contributed by atoms with Gasteiger partial charge in [0.25, 0.3) is 0 Å². The minimum atomic E-state index is -0.291. The molecule has 1 amide bonds. The van der Waals surface area contributed by atoms with Gasteiger partial charge in [0.2, 0.25) is 11.8 Å². The first-order chi connectivity index (χ1) is 17.8. The number of rotatable bonds is 6. The molecule has 2 aromatic heterocycles. The molecule has 0 unspecified atom stereocenters. The number of hydrogen-bond acceptors (Lipinski definition) is 6. The predicted octanol–water partition coefficient (Wildman–Crippen LogP) is 5.29. The molecule has 2 fully saturated rings. The third-order valence-electron chi connectivity index (χ3n) is 7.61. The fraction of sp³-hybridized carbons (Fsp3) is 0.393. The molecule has 37 heavy (non-hydrogen) atoms. The van der Waals surface area contributed by atoms with Gasteiger partial charge in [-0.05, 0) is 48.7 Å². The molecule has 2 saturated heterocycles. The van der Waals surface area contributed by atoms with Gasteiger partial charge in [-0.1, -0.05) is 42.3 Å². The number of likely N-dealkylation sites (tertiary alicyclic amines) is 1. The number of ether oxygens (including phenoxy) is 1. The molecule has 2 aliphatic heterocycles. The number of nitrogen functional groups attached to an aromatic ring is 1. The van der Waals surface area contributed by atoms with E-state index in [-0.39, 0.29) is 23.2 Å². The predicted molar refractivity (Wildman–Crippen MR) is 147 cm³/mol. The zero-order valence-corrected chi connectivity index (χ0v) is 22.3. The van der Waals surface area contributed by atoms with Crippen LogP contribution >= 0.6 is 23.2 Å². The molecule has 2 N–H and O–H groups in total. The number of nitrogens with zero attached hydrogens (tertiary/aromatic N) is 4. The summed E-state index contributed by atoms with van der Waals surface area (Å²) < 4.78 is 6.11. The Kier molecular flexibility index (Phi) is 7.45. The van der Waals surface area contributed by atoms with Gasteiger partial charge in [-0.3, -0.25) is 4.79 Å². The van der Waals surface area contributed by atoms with Gasteiger partial charge in [0.15, 0.2) is 0 Å². The fourth-order valence-corrected chi connectivity index (χ4v) is 5.72.